The predicted molar refractivity (Wildman–Crippen MR) is 76.4 cm³/mol. The van der Waals surface area contributed by atoms with Crippen LogP contribution in [0.15, 0.2) is 24.3 Å². The molecule has 0 atom stereocenters. The summed E-state index contributed by atoms with van der Waals surface area (Å²) in [6.07, 6.45) is 0. The van der Waals surface area contributed by atoms with Gasteiger partial charge < -0.3 is 10.6 Å². The van der Waals surface area contributed by atoms with Crippen molar-refractivity contribution in [2.24, 2.45) is 5.73 Å². The molecule has 1 fully saturated rings. The van der Waals surface area contributed by atoms with E-state index in [1.54, 1.807) is 0 Å². The maximum Gasteiger partial charge on any atom is 0.124 e. The van der Waals surface area contributed by atoms with Crippen LogP contribution in [0, 0.1) is 5.41 Å². The second-order valence-corrected chi connectivity index (χ2v) is 5.05. The van der Waals surface area contributed by atoms with E-state index in [1.807, 2.05) is 18.2 Å². The van der Waals surface area contributed by atoms with Crippen molar-refractivity contribution in [2.45, 2.75) is 19.9 Å². The van der Waals surface area contributed by atoms with E-state index in [9.17, 15) is 0 Å². The zero-order valence-electron chi connectivity index (χ0n) is 11.2. The Balaban J connectivity index is 2.12. The van der Waals surface area contributed by atoms with Crippen molar-refractivity contribution in [3.8, 4) is 0 Å². The molecule has 1 heterocycles. The van der Waals surface area contributed by atoms with Gasteiger partial charge in [-0.05, 0) is 26.0 Å². The summed E-state index contributed by atoms with van der Waals surface area (Å²) >= 11 is 0. The zero-order chi connectivity index (χ0) is 13.1. The van der Waals surface area contributed by atoms with Crippen LogP contribution in [0.4, 0.5) is 5.69 Å². The number of amidine groups is 1. The fraction of sp³-hybridized carbons (Fsp3) is 0.500. The summed E-state index contributed by atoms with van der Waals surface area (Å²) in [5.74, 6) is 0.150. The van der Waals surface area contributed by atoms with Gasteiger partial charge in [0.1, 0.15) is 5.84 Å². The van der Waals surface area contributed by atoms with Gasteiger partial charge in [0.05, 0.1) is 0 Å². The lowest BCUT2D eigenvalue weighted by molar-refractivity contribution is 0.209. The van der Waals surface area contributed by atoms with Crippen molar-refractivity contribution in [1.82, 2.24) is 4.90 Å². The molecule has 0 aliphatic carbocycles. The molecular formula is C14H22N4. The molecule has 0 radical (unpaired) electrons. The first-order valence-electron chi connectivity index (χ1n) is 6.52. The summed E-state index contributed by atoms with van der Waals surface area (Å²) in [5.41, 5.74) is 7.58. The number of nitrogens with one attached hydrogen (secondary N) is 1. The van der Waals surface area contributed by atoms with Gasteiger partial charge in [0.15, 0.2) is 0 Å². The Morgan fingerprint density at radius 2 is 1.78 bits per heavy atom. The van der Waals surface area contributed by atoms with Crippen LogP contribution in [0.1, 0.15) is 19.4 Å². The molecule has 0 aromatic heterocycles. The van der Waals surface area contributed by atoms with E-state index in [0.29, 0.717) is 6.04 Å². The third-order valence-corrected chi connectivity index (χ3v) is 3.58. The number of hydrogen-bond donors (Lipinski definition) is 2. The van der Waals surface area contributed by atoms with Crippen LogP contribution in [-0.2, 0) is 0 Å². The molecule has 2 rings (SSSR count). The van der Waals surface area contributed by atoms with Crippen molar-refractivity contribution >= 4 is 11.5 Å². The lowest BCUT2D eigenvalue weighted by atomic mass is 10.1. The van der Waals surface area contributed by atoms with Crippen molar-refractivity contribution in [2.75, 3.05) is 31.1 Å². The van der Waals surface area contributed by atoms with Gasteiger partial charge in [0, 0.05) is 43.5 Å². The van der Waals surface area contributed by atoms with E-state index in [4.69, 9.17) is 11.1 Å². The predicted octanol–water partition coefficient (Wildman–Crippen LogP) is 1.50. The third-order valence-electron chi connectivity index (χ3n) is 3.58. The first-order chi connectivity index (χ1) is 8.59. The largest absolute Gasteiger partial charge is 0.384 e. The van der Waals surface area contributed by atoms with Crippen molar-refractivity contribution in [3.05, 3.63) is 29.8 Å². The summed E-state index contributed by atoms with van der Waals surface area (Å²) in [5, 5.41) is 7.64. The van der Waals surface area contributed by atoms with Crippen molar-refractivity contribution < 1.29 is 0 Å². The SMILES string of the molecule is CC(C)N1CCN(c2ccccc2C(=N)N)CC1. The van der Waals surface area contributed by atoms with Crippen LogP contribution in [0.3, 0.4) is 0 Å². The molecule has 1 aromatic carbocycles. The molecule has 1 aromatic rings. The summed E-state index contributed by atoms with van der Waals surface area (Å²) in [6, 6.07) is 8.53. The Morgan fingerprint density at radius 3 is 2.33 bits per heavy atom. The number of rotatable bonds is 3. The number of hydrogen-bond acceptors (Lipinski definition) is 3. The highest BCUT2D eigenvalue weighted by Crippen LogP contribution is 2.21. The molecule has 1 saturated heterocycles. The minimum Gasteiger partial charge on any atom is -0.384 e. The van der Waals surface area contributed by atoms with Crippen molar-refractivity contribution in [1.29, 1.82) is 5.41 Å². The summed E-state index contributed by atoms with van der Waals surface area (Å²) in [6.45, 7) is 8.62. The normalized spacial score (nSPS) is 17.2. The summed E-state index contributed by atoms with van der Waals surface area (Å²) in [4.78, 5) is 4.81. The number of nitrogens with two attached hydrogens (primary N) is 1. The smallest absolute Gasteiger partial charge is 0.124 e. The fourth-order valence-corrected chi connectivity index (χ4v) is 2.46. The minimum absolute atomic E-state index is 0.150. The van der Waals surface area contributed by atoms with E-state index in [-0.39, 0.29) is 5.84 Å². The molecule has 18 heavy (non-hydrogen) atoms. The highest BCUT2D eigenvalue weighted by atomic mass is 15.3. The number of anilines is 1. The number of nitrogen functional groups attached to an aromatic ring is 1. The first kappa shape index (κ1) is 12.9. The average Bonchev–Trinajstić information content (AvgIpc) is 2.39. The molecule has 3 N–H and O–H groups in total. The zero-order valence-corrected chi connectivity index (χ0v) is 11.2. The topological polar surface area (TPSA) is 56.4 Å². The number of para-hydroxylation sites is 1. The molecule has 98 valence electrons. The quantitative estimate of drug-likeness (QED) is 0.628. The minimum atomic E-state index is 0.150. The molecule has 0 saturated carbocycles. The summed E-state index contributed by atoms with van der Waals surface area (Å²) in [7, 11) is 0. The van der Waals surface area contributed by atoms with Crippen LogP contribution in [0.2, 0.25) is 0 Å². The van der Waals surface area contributed by atoms with E-state index in [0.717, 1.165) is 37.4 Å². The van der Waals surface area contributed by atoms with Gasteiger partial charge in [-0.1, -0.05) is 12.1 Å². The Hall–Kier alpha value is -1.55. The highest BCUT2D eigenvalue weighted by Gasteiger charge is 2.20. The maximum absolute atomic E-state index is 7.64. The highest BCUT2D eigenvalue weighted by molar-refractivity contribution is 6.00. The Bertz CT molecular complexity index is 420. The van der Waals surface area contributed by atoms with Gasteiger partial charge in [-0.15, -0.1) is 0 Å². The maximum atomic E-state index is 7.64. The Kier molecular flexibility index (Phi) is 3.87. The average molecular weight is 246 g/mol. The molecule has 0 amide bonds. The Morgan fingerprint density at radius 1 is 1.17 bits per heavy atom. The van der Waals surface area contributed by atoms with Crippen LogP contribution in [-0.4, -0.2) is 43.0 Å². The molecule has 4 heteroatoms. The molecule has 1 aliphatic rings. The lowest BCUT2D eigenvalue weighted by Crippen LogP contribution is -2.49. The second-order valence-electron chi connectivity index (χ2n) is 5.05. The van der Waals surface area contributed by atoms with Gasteiger partial charge in [-0.25, -0.2) is 0 Å². The molecule has 0 unspecified atom stereocenters. The first-order valence-corrected chi connectivity index (χ1v) is 6.52. The molecule has 4 nitrogen and oxygen atoms in total. The fourth-order valence-electron chi connectivity index (χ4n) is 2.46. The van der Waals surface area contributed by atoms with Gasteiger partial charge in [0.25, 0.3) is 0 Å². The van der Waals surface area contributed by atoms with Gasteiger partial charge in [-0.2, -0.15) is 0 Å². The number of nitrogens with zero attached hydrogens (tertiary/aromatic N) is 2. The van der Waals surface area contributed by atoms with Crippen LogP contribution < -0.4 is 10.6 Å². The van der Waals surface area contributed by atoms with Crippen LogP contribution >= 0.6 is 0 Å². The van der Waals surface area contributed by atoms with Gasteiger partial charge >= 0.3 is 0 Å². The van der Waals surface area contributed by atoms with Crippen LogP contribution in [0.25, 0.3) is 0 Å². The lowest BCUT2D eigenvalue weighted by Gasteiger charge is -2.38. The van der Waals surface area contributed by atoms with E-state index in [1.165, 1.54) is 0 Å². The van der Waals surface area contributed by atoms with Gasteiger partial charge in [0.2, 0.25) is 0 Å². The second kappa shape index (κ2) is 5.40. The summed E-state index contributed by atoms with van der Waals surface area (Å²) < 4.78 is 0. The standard InChI is InChI=1S/C14H22N4/c1-11(2)17-7-9-18(10-8-17)13-6-4-3-5-12(13)14(15)16/h3-6,11H,7-10H2,1-2H3,(H3,15,16). The Labute approximate surface area is 109 Å². The third kappa shape index (κ3) is 2.64. The van der Waals surface area contributed by atoms with E-state index in [2.05, 4.69) is 29.7 Å². The number of piperazine rings is 1. The monoisotopic (exact) mass is 246 g/mol. The van der Waals surface area contributed by atoms with E-state index < -0.39 is 0 Å². The molecule has 0 bridgehead atoms. The molecule has 0 spiro atoms. The van der Waals surface area contributed by atoms with Crippen LogP contribution in [0.5, 0.6) is 0 Å². The molecule has 1 aliphatic heterocycles. The van der Waals surface area contributed by atoms with E-state index >= 15 is 0 Å². The molecular weight excluding hydrogens is 224 g/mol. The van der Waals surface area contributed by atoms with Gasteiger partial charge in [-0.3, -0.25) is 10.3 Å². The van der Waals surface area contributed by atoms with Crippen molar-refractivity contribution in [3.63, 3.8) is 0 Å². The number of benzene rings is 1.